The Kier molecular flexibility index (Phi) is 7.24. The van der Waals surface area contributed by atoms with Gasteiger partial charge in [0, 0.05) is 12.4 Å². The number of ether oxygens (including phenoxy) is 2. The van der Waals surface area contributed by atoms with Crippen LogP contribution in [0.3, 0.4) is 0 Å². The Labute approximate surface area is 136 Å². The normalized spacial score (nSPS) is 12.2. The van der Waals surface area contributed by atoms with Crippen LogP contribution in [-0.2, 0) is 14.3 Å². The molecule has 8 heteroatoms. The minimum atomic E-state index is -0.738. The summed E-state index contributed by atoms with van der Waals surface area (Å²) in [4.78, 5) is 31.6. The molecule has 0 aliphatic heterocycles. The van der Waals surface area contributed by atoms with Crippen molar-refractivity contribution >= 4 is 18.0 Å². The zero-order valence-corrected chi connectivity index (χ0v) is 14.0. The molecule has 1 aromatic heterocycles. The van der Waals surface area contributed by atoms with E-state index in [1.165, 1.54) is 0 Å². The Morgan fingerprint density at radius 3 is 2.48 bits per heavy atom. The van der Waals surface area contributed by atoms with Crippen molar-refractivity contribution in [1.29, 1.82) is 0 Å². The molecule has 2 N–H and O–H groups in total. The molecule has 0 aromatic carbocycles. The maximum atomic E-state index is 11.9. The molecule has 23 heavy (non-hydrogen) atoms. The van der Waals surface area contributed by atoms with Gasteiger partial charge in [0.2, 0.25) is 5.95 Å². The number of alkyl carbamates (subject to hydrolysis) is 1. The van der Waals surface area contributed by atoms with E-state index in [0.29, 0.717) is 18.9 Å². The highest BCUT2D eigenvalue weighted by Crippen LogP contribution is 2.07. The van der Waals surface area contributed by atoms with Crippen LogP contribution in [0, 0.1) is 0 Å². The van der Waals surface area contributed by atoms with Crippen LogP contribution >= 0.6 is 0 Å². The van der Waals surface area contributed by atoms with E-state index in [0.717, 1.165) is 0 Å². The van der Waals surface area contributed by atoms with Gasteiger partial charge in [0.15, 0.2) is 0 Å². The predicted octanol–water partition coefficient (Wildman–Crippen LogP) is 1.73. The maximum absolute atomic E-state index is 11.9. The van der Waals surface area contributed by atoms with Gasteiger partial charge in [-0.3, -0.25) is 0 Å². The van der Waals surface area contributed by atoms with Crippen LogP contribution in [0.25, 0.3) is 0 Å². The average molecular weight is 324 g/mol. The minimum Gasteiger partial charge on any atom is -0.462 e. The van der Waals surface area contributed by atoms with E-state index >= 15 is 0 Å². The number of nitrogens with zero attached hydrogens (tertiary/aromatic N) is 2. The summed E-state index contributed by atoms with van der Waals surface area (Å²) in [7, 11) is 0. The zero-order valence-electron chi connectivity index (χ0n) is 14.0. The number of nitrogens with one attached hydrogen (secondary N) is 2. The van der Waals surface area contributed by atoms with Crippen molar-refractivity contribution < 1.29 is 19.1 Å². The largest absolute Gasteiger partial charge is 0.462 e. The molecular formula is C15H24N4O4. The molecule has 1 heterocycles. The van der Waals surface area contributed by atoms with Crippen LogP contribution in [0.1, 0.15) is 34.1 Å². The first-order valence-corrected chi connectivity index (χ1v) is 7.49. The lowest BCUT2D eigenvalue weighted by Gasteiger charge is -2.22. The number of rotatable bonds is 7. The van der Waals surface area contributed by atoms with E-state index in [2.05, 4.69) is 20.6 Å². The van der Waals surface area contributed by atoms with Gasteiger partial charge in [-0.25, -0.2) is 19.6 Å². The molecule has 1 amide bonds. The summed E-state index contributed by atoms with van der Waals surface area (Å²) in [6, 6.07) is 0.970. The smallest absolute Gasteiger partial charge is 0.408 e. The first-order chi connectivity index (χ1) is 10.8. The molecule has 8 nitrogen and oxygen atoms in total. The highest BCUT2D eigenvalue weighted by atomic mass is 16.6. The van der Waals surface area contributed by atoms with Gasteiger partial charge in [-0.1, -0.05) is 6.92 Å². The second kappa shape index (κ2) is 8.92. The van der Waals surface area contributed by atoms with E-state index in [-0.39, 0.29) is 6.61 Å². The fourth-order valence-corrected chi connectivity index (χ4v) is 1.58. The Morgan fingerprint density at radius 2 is 1.91 bits per heavy atom. The maximum Gasteiger partial charge on any atom is 0.408 e. The fourth-order valence-electron chi connectivity index (χ4n) is 1.58. The molecule has 0 aliphatic rings. The van der Waals surface area contributed by atoms with Crippen molar-refractivity contribution in [3.05, 3.63) is 18.5 Å². The summed E-state index contributed by atoms with van der Waals surface area (Å²) in [5.41, 5.74) is -0.619. The lowest BCUT2D eigenvalue weighted by Crippen LogP contribution is -2.44. The quantitative estimate of drug-likeness (QED) is 0.581. The summed E-state index contributed by atoms with van der Waals surface area (Å²) >= 11 is 0. The van der Waals surface area contributed by atoms with Crippen molar-refractivity contribution in [2.75, 3.05) is 18.5 Å². The first kappa shape index (κ1) is 18.7. The molecule has 1 atom stereocenters. The van der Waals surface area contributed by atoms with Crippen molar-refractivity contribution in [3.8, 4) is 0 Å². The Morgan fingerprint density at radius 1 is 1.26 bits per heavy atom. The number of anilines is 1. The lowest BCUT2D eigenvalue weighted by molar-refractivity contribution is -0.145. The number of amides is 1. The topological polar surface area (TPSA) is 102 Å². The highest BCUT2D eigenvalue weighted by molar-refractivity contribution is 5.81. The number of aromatic nitrogens is 2. The van der Waals surface area contributed by atoms with E-state index in [1.807, 2.05) is 0 Å². The van der Waals surface area contributed by atoms with Crippen LogP contribution in [0.2, 0.25) is 0 Å². The molecule has 128 valence electrons. The monoisotopic (exact) mass is 324 g/mol. The third kappa shape index (κ3) is 7.98. The molecule has 0 radical (unpaired) electrons. The second-order valence-corrected chi connectivity index (χ2v) is 5.77. The third-order valence-electron chi connectivity index (χ3n) is 2.58. The Hall–Kier alpha value is -2.38. The third-order valence-corrected chi connectivity index (χ3v) is 2.58. The van der Waals surface area contributed by atoms with E-state index in [9.17, 15) is 9.59 Å². The van der Waals surface area contributed by atoms with Crippen molar-refractivity contribution in [2.24, 2.45) is 0 Å². The summed E-state index contributed by atoms with van der Waals surface area (Å²) in [5.74, 6) is -0.0448. The van der Waals surface area contributed by atoms with Gasteiger partial charge in [0.25, 0.3) is 0 Å². The summed E-state index contributed by atoms with van der Waals surface area (Å²) in [6.07, 6.45) is 2.99. The van der Waals surface area contributed by atoms with Crippen LogP contribution < -0.4 is 10.6 Å². The van der Waals surface area contributed by atoms with Gasteiger partial charge < -0.3 is 20.1 Å². The van der Waals surface area contributed by atoms with Gasteiger partial charge >= 0.3 is 12.1 Å². The summed E-state index contributed by atoms with van der Waals surface area (Å²) < 4.78 is 10.2. The second-order valence-electron chi connectivity index (χ2n) is 5.77. The number of hydrogen-bond donors (Lipinski definition) is 2. The van der Waals surface area contributed by atoms with Crippen LogP contribution in [-0.4, -0.2) is 46.8 Å². The van der Waals surface area contributed by atoms with Gasteiger partial charge in [0.05, 0.1) is 6.54 Å². The number of esters is 1. The summed E-state index contributed by atoms with van der Waals surface area (Å²) in [6.45, 7) is 7.55. The Balaban J connectivity index is 2.32. The SMILES string of the molecule is CCC(NC(=O)OC(C)(C)C)C(=O)OCCNc1ncccn1. The molecule has 0 saturated heterocycles. The average Bonchev–Trinajstić information content (AvgIpc) is 2.48. The molecular weight excluding hydrogens is 300 g/mol. The molecule has 1 rings (SSSR count). The van der Waals surface area contributed by atoms with Gasteiger partial charge in [0.1, 0.15) is 18.2 Å². The Bertz CT molecular complexity index is 502. The molecule has 1 unspecified atom stereocenters. The number of carbonyl (C=O) groups excluding carboxylic acids is 2. The van der Waals surface area contributed by atoms with Crippen LogP contribution in [0.4, 0.5) is 10.7 Å². The van der Waals surface area contributed by atoms with Gasteiger partial charge in [-0.15, -0.1) is 0 Å². The molecule has 0 spiro atoms. The zero-order chi connectivity index (χ0) is 17.3. The molecule has 0 aliphatic carbocycles. The van der Waals surface area contributed by atoms with Crippen LogP contribution in [0.15, 0.2) is 18.5 Å². The molecule has 0 fully saturated rings. The fraction of sp³-hybridized carbons (Fsp3) is 0.600. The van der Waals surface area contributed by atoms with Crippen molar-refractivity contribution in [2.45, 2.75) is 45.8 Å². The first-order valence-electron chi connectivity index (χ1n) is 7.49. The molecule has 1 aromatic rings. The van der Waals surface area contributed by atoms with Crippen molar-refractivity contribution in [3.63, 3.8) is 0 Å². The lowest BCUT2D eigenvalue weighted by atomic mass is 10.2. The highest BCUT2D eigenvalue weighted by Gasteiger charge is 2.23. The molecule has 0 bridgehead atoms. The number of carbonyl (C=O) groups is 2. The van der Waals surface area contributed by atoms with Crippen molar-refractivity contribution in [1.82, 2.24) is 15.3 Å². The van der Waals surface area contributed by atoms with Crippen LogP contribution in [0.5, 0.6) is 0 Å². The van der Waals surface area contributed by atoms with E-state index < -0.39 is 23.7 Å². The van der Waals surface area contributed by atoms with E-state index in [1.54, 1.807) is 46.2 Å². The predicted molar refractivity (Wildman–Crippen MR) is 84.9 cm³/mol. The van der Waals surface area contributed by atoms with E-state index in [4.69, 9.17) is 9.47 Å². The van der Waals surface area contributed by atoms with Gasteiger partial charge in [-0.05, 0) is 33.3 Å². The number of hydrogen-bond acceptors (Lipinski definition) is 7. The standard InChI is InChI=1S/C15H24N4O4/c1-5-11(19-14(21)23-15(2,3)4)12(20)22-10-9-18-13-16-7-6-8-17-13/h6-8,11H,5,9-10H2,1-4H3,(H,19,21)(H,16,17,18). The van der Waals surface area contributed by atoms with Gasteiger partial charge in [-0.2, -0.15) is 0 Å². The minimum absolute atomic E-state index is 0.142. The summed E-state index contributed by atoms with van der Waals surface area (Å²) in [5, 5.41) is 5.42. The molecule has 0 saturated carbocycles.